The zero-order chi connectivity index (χ0) is 12.2. The summed E-state index contributed by atoms with van der Waals surface area (Å²) in [7, 11) is 1.71. The second kappa shape index (κ2) is 3.07. The van der Waals surface area contributed by atoms with E-state index >= 15 is 0 Å². The second-order valence-electron chi connectivity index (χ2n) is 3.89. The minimum Gasteiger partial charge on any atom is -0.328 e. The van der Waals surface area contributed by atoms with Crippen molar-refractivity contribution in [2.75, 3.05) is 0 Å². The number of aryl methyl sites for hydroxylation is 1. The molecule has 0 unspecified atom stereocenters. The molecule has 84 valence electrons. The van der Waals surface area contributed by atoms with Crippen molar-refractivity contribution in [1.82, 2.24) is 19.7 Å². The van der Waals surface area contributed by atoms with Crippen LogP contribution >= 0.6 is 0 Å². The van der Waals surface area contributed by atoms with Gasteiger partial charge in [0.2, 0.25) is 11.6 Å². The first-order valence-corrected chi connectivity index (χ1v) is 5.04. The predicted octanol–water partition coefficient (Wildman–Crippen LogP) is 0.294. The summed E-state index contributed by atoms with van der Waals surface area (Å²) in [4.78, 5) is 28.5. The molecule has 2 heterocycles. The van der Waals surface area contributed by atoms with Gasteiger partial charge in [-0.05, 0) is 6.92 Å². The van der Waals surface area contributed by atoms with E-state index in [0.717, 1.165) is 0 Å². The normalized spacial score (nSPS) is 13.5. The Kier molecular flexibility index (Phi) is 1.77. The highest BCUT2D eigenvalue weighted by atomic mass is 16.1. The summed E-state index contributed by atoms with van der Waals surface area (Å²) in [5.41, 5.74) is 1.10. The van der Waals surface area contributed by atoms with Gasteiger partial charge < -0.3 is 4.57 Å². The molecule has 0 spiro atoms. The maximum Gasteiger partial charge on any atom is 0.216 e. The summed E-state index contributed by atoms with van der Waals surface area (Å²) in [5, 5.41) is 7.27. The van der Waals surface area contributed by atoms with E-state index in [0.29, 0.717) is 17.1 Å². The molecule has 0 aromatic carbocycles. The minimum absolute atomic E-state index is 0.204. The molecule has 0 fully saturated rings. The standard InChI is InChI=1S/C11H8N4O2/c1-5-14-8-9(15(5)2)11(17)7-4-13-12-3-6(7)10(8)16/h3-4H,1-2H3. The fourth-order valence-corrected chi connectivity index (χ4v) is 1.97. The van der Waals surface area contributed by atoms with Gasteiger partial charge in [-0.1, -0.05) is 0 Å². The van der Waals surface area contributed by atoms with Crippen LogP contribution < -0.4 is 0 Å². The molecule has 1 aliphatic rings. The molecule has 3 rings (SSSR count). The Morgan fingerprint density at radius 3 is 2.29 bits per heavy atom. The fraction of sp³-hybridized carbons (Fsp3) is 0.182. The Bertz CT molecular complexity index is 672. The van der Waals surface area contributed by atoms with Crippen molar-refractivity contribution in [1.29, 1.82) is 0 Å². The van der Waals surface area contributed by atoms with E-state index in [9.17, 15) is 9.59 Å². The van der Waals surface area contributed by atoms with Crippen LogP contribution in [0.4, 0.5) is 0 Å². The molecule has 0 saturated carbocycles. The van der Waals surface area contributed by atoms with Crippen molar-refractivity contribution in [3.63, 3.8) is 0 Å². The van der Waals surface area contributed by atoms with E-state index in [2.05, 4.69) is 15.2 Å². The number of ketones is 2. The third kappa shape index (κ3) is 1.12. The lowest BCUT2D eigenvalue weighted by atomic mass is 9.93. The largest absolute Gasteiger partial charge is 0.328 e. The molecule has 0 radical (unpaired) electrons. The Labute approximate surface area is 96.3 Å². The van der Waals surface area contributed by atoms with Gasteiger partial charge in [-0.15, -0.1) is 0 Å². The summed E-state index contributed by atoms with van der Waals surface area (Å²) in [6.07, 6.45) is 2.63. The number of fused-ring (bicyclic) bond motifs is 2. The van der Waals surface area contributed by atoms with Gasteiger partial charge in [0, 0.05) is 7.05 Å². The highest BCUT2D eigenvalue weighted by Crippen LogP contribution is 2.25. The summed E-state index contributed by atoms with van der Waals surface area (Å²) >= 11 is 0. The van der Waals surface area contributed by atoms with Crippen LogP contribution in [0.15, 0.2) is 12.4 Å². The lowest BCUT2D eigenvalue weighted by Crippen LogP contribution is -2.23. The van der Waals surface area contributed by atoms with Crippen LogP contribution in [0.25, 0.3) is 0 Å². The van der Waals surface area contributed by atoms with Crippen molar-refractivity contribution >= 4 is 11.6 Å². The van der Waals surface area contributed by atoms with Gasteiger partial charge in [0.15, 0.2) is 0 Å². The molecular weight excluding hydrogens is 220 g/mol. The molecule has 6 nitrogen and oxygen atoms in total. The van der Waals surface area contributed by atoms with E-state index in [1.165, 1.54) is 12.4 Å². The highest BCUT2D eigenvalue weighted by molar-refractivity contribution is 6.26. The number of imidazole rings is 1. The first-order chi connectivity index (χ1) is 8.11. The Morgan fingerprint density at radius 1 is 1.06 bits per heavy atom. The Hall–Kier alpha value is -2.37. The van der Waals surface area contributed by atoms with E-state index in [1.807, 2.05) is 0 Å². The van der Waals surface area contributed by atoms with Crippen LogP contribution in [0, 0.1) is 6.92 Å². The molecule has 0 atom stereocenters. The number of hydrogen-bond donors (Lipinski definition) is 0. The topological polar surface area (TPSA) is 77.7 Å². The fourth-order valence-electron chi connectivity index (χ4n) is 1.97. The minimum atomic E-state index is -0.270. The number of carbonyl (C=O) groups excluding carboxylic acids is 2. The summed E-state index contributed by atoms with van der Waals surface area (Å²) < 4.78 is 1.62. The van der Waals surface area contributed by atoms with Crippen LogP contribution in [-0.4, -0.2) is 31.3 Å². The molecule has 17 heavy (non-hydrogen) atoms. The van der Waals surface area contributed by atoms with Crippen LogP contribution in [0.1, 0.15) is 37.9 Å². The lowest BCUT2D eigenvalue weighted by Gasteiger charge is -2.12. The maximum atomic E-state index is 12.2. The third-order valence-electron chi connectivity index (χ3n) is 2.97. The van der Waals surface area contributed by atoms with Crippen molar-refractivity contribution in [2.24, 2.45) is 7.05 Å². The predicted molar refractivity (Wildman–Crippen MR) is 56.8 cm³/mol. The number of aromatic nitrogens is 4. The SMILES string of the molecule is Cc1nc2c(n1C)C(=O)c1cnncc1C2=O. The average molecular weight is 228 g/mol. The molecule has 1 aliphatic carbocycles. The first kappa shape index (κ1) is 9.83. The van der Waals surface area contributed by atoms with E-state index < -0.39 is 0 Å². The molecule has 0 N–H and O–H groups in total. The molecule has 2 aromatic heterocycles. The summed E-state index contributed by atoms with van der Waals surface area (Å²) in [5.74, 6) is 0.131. The quantitative estimate of drug-likeness (QED) is 0.552. The smallest absolute Gasteiger partial charge is 0.216 e. The van der Waals surface area contributed by atoms with Gasteiger partial charge in [0.1, 0.15) is 17.2 Å². The number of nitrogens with zero attached hydrogens (tertiary/aromatic N) is 4. The lowest BCUT2D eigenvalue weighted by molar-refractivity contribution is 0.0970. The van der Waals surface area contributed by atoms with Crippen LogP contribution in [-0.2, 0) is 7.05 Å². The molecule has 0 saturated heterocycles. The zero-order valence-corrected chi connectivity index (χ0v) is 9.26. The van der Waals surface area contributed by atoms with Crippen molar-refractivity contribution in [2.45, 2.75) is 6.92 Å². The van der Waals surface area contributed by atoms with Crippen molar-refractivity contribution in [3.8, 4) is 0 Å². The van der Waals surface area contributed by atoms with Crippen molar-refractivity contribution in [3.05, 3.63) is 40.7 Å². The van der Waals surface area contributed by atoms with E-state index in [4.69, 9.17) is 0 Å². The maximum absolute atomic E-state index is 12.2. The van der Waals surface area contributed by atoms with Crippen LogP contribution in [0.5, 0.6) is 0 Å². The number of rotatable bonds is 0. The first-order valence-electron chi connectivity index (χ1n) is 5.04. The zero-order valence-electron chi connectivity index (χ0n) is 9.26. The highest BCUT2D eigenvalue weighted by Gasteiger charge is 2.34. The van der Waals surface area contributed by atoms with Gasteiger partial charge in [0.25, 0.3) is 0 Å². The molecule has 2 aromatic rings. The van der Waals surface area contributed by atoms with Gasteiger partial charge in [-0.25, -0.2) is 4.98 Å². The molecule has 6 heteroatoms. The number of hydrogen-bond acceptors (Lipinski definition) is 5. The molecule has 0 aliphatic heterocycles. The van der Waals surface area contributed by atoms with Gasteiger partial charge in [-0.3, -0.25) is 9.59 Å². The molecule has 0 amide bonds. The van der Waals surface area contributed by atoms with Crippen LogP contribution in [0.2, 0.25) is 0 Å². The Morgan fingerprint density at radius 2 is 1.65 bits per heavy atom. The monoisotopic (exact) mass is 228 g/mol. The average Bonchev–Trinajstić information content (AvgIpc) is 2.64. The Balaban J connectivity index is 2.37. The molecular formula is C11H8N4O2. The molecule has 0 bridgehead atoms. The van der Waals surface area contributed by atoms with E-state index in [1.54, 1.807) is 18.5 Å². The van der Waals surface area contributed by atoms with Crippen molar-refractivity contribution < 1.29 is 9.59 Å². The third-order valence-corrected chi connectivity index (χ3v) is 2.97. The second-order valence-corrected chi connectivity index (χ2v) is 3.89. The summed E-state index contributed by atoms with van der Waals surface area (Å²) in [6.45, 7) is 1.75. The van der Waals surface area contributed by atoms with Gasteiger partial charge in [0.05, 0.1) is 23.5 Å². The number of carbonyl (C=O) groups is 2. The van der Waals surface area contributed by atoms with Gasteiger partial charge >= 0.3 is 0 Å². The van der Waals surface area contributed by atoms with Crippen LogP contribution in [0.3, 0.4) is 0 Å². The van der Waals surface area contributed by atoms with Gasteiger partial charge in [-0.2, -0.15) is 10.2 Å². The van der Waals surface area contributed by atoms with E-state index in [-0.39, 0.29) is 22.8 Å². The summed E-state index contributed by atoms with van der Waals surface area (Å²) in [6, 6.07) is 0.